The monoisotopic (exact) mass is 503 g/mol. The van der Waals surface area contributed by atoms with Gasteiger partial charge in [-0.1, -0.05) is 12.8 Å². The van der Waals surface area contributed by atoms with E-state index in [-0.39, 0.29) is 29.5 Å². The number of rotatable bonds is 6. The van der Waals surface area contributed by atoms with Crippen LogP contribution in [0.3, 0.4) is 0 Å². The maximum Gasteiger partial charge on any atom is 0.191 e. The molecule has 28 heavy (non-hydrogen) atoms. The van der Waals surface area contributed by atoms with Crippen LogP contribution in [0.4, 0.5) is 0 Å². The van der Waals surface area contributed by atoms with Crippen molar-refractivity contribution in [1.29, 1.82) is 0 Å². The van der Waals surface area contributed by atoms with Crippen molar-refractivity contribution in [1.82, 2.24) is 30.3 Å². The van der Waals surface area contributed by atoms with E-state index < -0.39 is 0 Å². The van der Waals surface area contributed by atoms with Gasteiger partial charge in [0.05, 0.1) is 0 Å². The molecule has 0 saturated carbocycles. The first-order valence-corrected chi connectivity index (χ1v) is 10.8. The molecule has 3 rings (SSSR count). The van der Waals surface area contributed by atoms with E-state index in [0.29, 0.717) is 6.54 Å². The third-order valence-electron chi connectivity index (χ3n) is 5.81. The van der Waals surface area contributed by atoms with Crippen LogP contribution in [-0.4, -0.2) is 57.3 Å². The second kappa shape index (κ2) is 11.3. The number of nitrogens with zero attached hydrogens (tertiary/aromatic N) is 5. The maximum atomic E-state index is 4.80. The van der Waals surface area contributed by atoms with Crippen LogP contribution < -0.4 is 10.6 Å². The lowest BCUT2D eigenvalue weighted by Gasteiger charge is -2.41. The van der Waals surface area contributed by atoms with Gasteiger partial charge in [0.2, 0.25) is 0 Å². The predicted molar refractivity (Wildman–Crippen MR) is 125 cm³/mol. The Labute approximate surface area is 187 Å². The molecule has 160 valence electrons. The summed E-state index contributed by atoms with van der Waals surface area (Å²) < 4.78 is 2.28. The number of hydrogen-bond acceptors (Lipinski definition) is 4. The first-order chi connectivity index (χ1) is 13.1. The zero-order valence-electron chi connectivity index (χ0n) is 17.8. The molecule has 7 nitrogen and oxygen atoms in total. The third kappa shape index (κ3) is 6.30. The molecule has 1 aromatic rings. The minimum absolute atomic E-state index is 0. The fraction of sp³-hybridized carbons (Fsp3) is 0.850. The van der Waals surface area contributed by atoms with Crippen LogP contribution in [0.1, 0.15) is 70.9 Å². The van der Waals surface area contributed by atoms with E-state index >= 15 is 0 Å². The topological polar surface area (TPSA) is 70.4 Å². The third-order valence-corrected chi connectivity index (χ3v) is 5.81. The smallest absolute Gasteiger partial charge is 0.191 e. The number of fused-ring (bicyclic) bond motifs is 1. The minimum atomic E-state index is 0. The van der Waals surface area contributed by atoms with Gasteiger partial charge in [0.1, 0.15) is 12.4 Å². The summed E-state index contributed by atoms with van der Waals surface area (Å²) in [5.41, 5.74) is 0.128. The molecule has 0 radical (unpaired) electrons. The highest BCUT2D eigenvalue weighted by Crippen LogP contribution is 2.20. The molecule has 0 unspecified atom stereocenters. The van der Waals surface area contributed by atoms with Gasteiger partial charge in [0.15, 0.2) is 11.8 Å². The molecule has 8 heteroatoms. The first-order valence-electron chi connectivity index (χ1n) is 10.8. The molecule has 0 bridgehead atoms. The summed E-state index contributed by atoms with van der Waals surface area (Å²) in [5, 5.41) is 15.7. The van der Waals surface area contributed by atoms with Crippen LogP contribution >= 0.6 is 24.0 Å². The number of piperidine rings is 1. The number of nitrogens with one attached hydrogen (secondary N) is 2. The highest BCUT2D eigenvalue weighted by atomic mass is 127. The van der Waals surface area contributed by atoms with Crippen LogP contribution in [0.25, 0.3) is 0 Å². The van der Waals surface area contributed by atoms with E-state index in [1.165, 1.54) is 51.6 Å². The number of guanidine groups is 1. The molecule has 2 aliphatic rings. The van der Waals surface area contributed by atoms with Crippen molar-refractivity contribution in [2.24, 2.45) is 4.99 Å². The van der Waals surface area contributed by atoms with Crippen molar-refractivity contribution >= 4 is 29.9 Å². The van der Waals surface area contributed by atoms with Gasteiger partial charge < -0.3 is 15.2 Å². The van der Waals surface area contributed by atoms with E-state index in [0.717, 1.165) is 43.7 Å². The number of aryl methyl sites for hydroxylation is 1. The van der Waals surface area contributed by atoms with E-state index in [9.17, 15) is 0 Å². The van der Waals surface area contributed by atoms with Gasteiger partial charge in [0, 0.05) is 31.6 Å². The molecule has 1 fully saturated rings. The Morgan fingerprint density at radius 1 is 1.00 bits per heavy atom. The van der Waals surface area contributed by atoms with Gasteiger partial charge in [-0.05, 0) is 59.5 Å². The second-order valence-electron chi connectivity index (χ2n) is 8.40. The molecule has 1 aromatic heterocycles. The molecule has 0 atom stereocenters. The van der Waals surface area contributed by atoms with Crippen molar-refractivity contribution in [2.45, 2.75) is 84.3 Å². The Bertz CT molecular complexity index is 620. The van der Waals surface area contributed by atoms with E-state index in [1.807, 2.05) is 0 Å². The summed E-state index contributed by atoms with van der Waals surface area (Å²) in [6.45, 7) is 12.5. The van der Waals surface area contributed by atoms with Gasteiger partial charge in [-0.3, -0.25) is 4.90 Å². The van der Waals surface area contributed by atoms with Crippen molar-refractivity contribution in [3.8, 4) is 0 Å². The van der Waals surface area contributed by atoms with Gasteiger partial charge in [-0.25, -0.2) is 4.99 Å². The minimum Gasteiger partial charge on any atom is -0.357 e. The van der Waals surface area contributed by atoms with E-state index in [4.69, 9.17) is 4.99 Å². The molecule has 1 saturated heterocycles. The molecular weight excluding hydrogens is 465 g/mol. The predicted octanol–water partition coefficient (Wildman–Crippen LogP) is 2.94. The zero-order chi connectivity index (χ0) is 19.1. The van der Waals surface area contributed by atoms with E-state index in [1.54, 1.807) is 0 Å². The molecule has 0 amide bonds. The number of aromatic nitrogens is 3. The van der Waals surface area contributed by atoms with Crippen LogP contribution in [0.5, 0.6) is 0 Å². The molecule has 2 aliphatic heterocycles. The van der Waals surface area contributed by atoms with Gasteiger partial charge in [-0.15, -0.1) is 34.2 Å². The van der Waals surface area contributed by atoms with Crippen LogP contribution in [0.15, 0.2) is 4.99 Å². The fourth-order valence-electron chi connectivity index (χ4n) is 4.06. The first kappa shape index (κ1) is 23.4. The average Bonchev–Trinajstić information content (AvgIpc) is 2.91. The van der Waals surface area contributed by atoms with Gasteiger partial charge in [-0.2, -0.15) is 0 Å². The SMILES string of the molecule is CCNC(=NCc1nnc2n1CCCCC2)NCC(C)(C)N1CCCCC1.I. The summed E-state index contributed by atoms with van der Waals surface area (Å²) >= 11 is 0. The Kier molecular flexibility index (Phi) is 9.46. The summed E-state index contributed by atoms with van der Waals surface area (Å²) in [5.74, 6) is 2.98. The summed E-state index contributed by atoms with van der Waals surface area (Å²) in [4.78, 5) is 7.40. The number of hydrogen-bond donors (Lipinski definition) is 2. The highest BCUT2D eigenvalue weighted by Gasteiger charge is 2.28. The van der Waals surface area contributed by atoms with Crippen molar-refractivity contribution in [2.75, 3.05) is 26.2 Å². The standard InChI is InChI=1S/C20H37N7.HI/c1-4-21-19(23-16-20(2,3)26-12-8-6-9-13-26)22-15-18-25-24-17-11-7-5-10-14-27(17)18;/h4-16H2,1-3H3,(H2,21,22,23);1H. The van der Waals surface area contributed by atoms with Crippen LogP contribution in [0, 0.1) is 0 Å². The Balaban J connectivity index is 0.00000280. The fourth-order valence-corrected chi connectivity index (χ4v) is 4.06. The lowest BCUT2D eigenvalue weighted by molar-refractivity contribution is 0.0982. The second-order valence-corrected chi connectivity index (χ2v) is 8.40. The number of halogens is 1. The summed E-state index contributed by atoms with van der Waals surface area (Å²) in [7, 11) is 0. The number of likely N-dealkylation sites (tertiary alicyclic amines) is 1. The van der Waals surface area contributed by atoms with Crippen molar-refractivity contribution in [3.05, 3.63) is 11.6 Å². The summed E-state index contributed by atoms with van der Waals surface area (Å²) in [6.07, 6.45) is 8.75. The van der Waals surface area contributed by atoms with Gasteiger partial charge in [0.25, 0.3) is 0 Å². The van der Waals surface area contributed by atoms with E-state index in [2.05, 4.69) is 51.1 Å². The quantitative estimate of drug-likeness (QED) is 0.355. The Morgan fingerprint density at radius 3 is 2.46 bits per heavy atom. The lowest BCUT2D eigenvalue weighted by atomic mass is 9.98. The average molecular weight is 503 g/mol. The van der Waals surface area contributed by atoms with Gasteiger partial charge >= 0.3 is 0 Å². The van der Waals surface area contributed by atoms with Crippen LogP contribution in [-0.2, 0) is 19.5 Å². The maximum absolute atomic E-state index is 4.80. The zero-order valence-corrected chi connectivity index (χ0v) is 20.2. The molecule has 0 aliphatic carbocycles. The molecule has 2 N–H and O–H groups in total. The summed E-state index contributed by atoms with van der Waals surface area (Å²) in [6, 6.07) is 0. The molecule has 0 spiro atoms. The number of aliphatic imine (C=N–C) groups is 1. The Hall–Kier alpha value is -0.900. The largest absolute Gasteiger partial charge is 0.357 e. The van der Waals surface area contributed by atoms with Crippen molar-refractivity contribution < 1.29 is 0 Å². The molecule has 0 aromatic carbocycles. The highest BCUT2D eigenvalue weighted by molar-refractivity contribution is 14.0. The lowest BCUT2D eigenvalue weighted by Crippen LogP contribution is -2.54. The Morgan fingerprint density at radius 2 is 1.71 bits per heavy atom. The molecular formula is C20H38IN7. The molecule has 3 heterocycles. The normalized spacial score (nSPS) is 18.8. The van der Waals surface area contributed by atoms with Crippen molar-refractivity contribution in [3.63, 3.8) is 0 Å². The van der Waals surface area contributed by atoms with Crippen LogP contribution in [0.2, 0.25) is 0 Å².